The monoisotopic (exact) mass is 527 g/mol. The number of benzene rings is 2. The number of hydrogen-bond donors (Lipinski definition) is 2. The molecule has 6 nitrogen and oxygen atoms in total. The molecule has 0 amide bonds. The molecule has 0 saturated carbocycles. The summed E-state index contributed by atoms with van der Waals surface area (Å²) in [5, 5.41) is 22.9. The van der Waals surface area contributed by atoms with Gasteiger partial charge in [-0.05, 0) is 87.6 Å². The number of carboxylic acids is 2. The van der Waals surface area contributed by atoms with Gasteiger partial charge in [0.1, 0.15) is 22.2 Å². The van der Waals surface area contributed by atoms with Gasteiger partial charge in [0.05, 0.1) is 11.1 Å². The lowest BCUT2D eigenvalue weighted by Crippen LogP contribution is -2.55. The Morgan fingerprint density at radius 3 is 2.18 bits per heavy atom. The van der Waals surface area contributed by atoms with Crippen molar-refractivity contribution >= 4 is 42.2 Å². The average molecular weight is 528 g/mol. The van der Waals surface area contributed by atoms with Gasteiger partial charge >= 0.3 is 11.9 Å². The van der Waals surface area contributed by atoms with Crippen LogP contribution in [0.4, 0.5) is 5.69 Å². The van der Waals surface area contributed by atoms with Crippen LogP contribution in [-0.4, -0.2) is 68.7 Å². The summed E-state index contributed by atoms with van der Waals surface area (Å²) in [5.41, 5.74) is 6.36. The van der Waals surface area contributed by atoms with Crippen molar-refractivity contribution < 1.29 is 24.4 Å². The van der Waals surface area contributed by atoms with Crippen LogP contribution >= 0.6 is 0 Å². The molecule has 2 aromatic carbocycles. The summed E-state index contributed by atoms with van der Waals surface area (Å²) in [6.07, 6.45) is 10.2. The highest BCUT2D eigenvalue weighted by Gasteiger charge is 2.48. The second-order valence-electron chi connectivity index (χ2n) is 11.1. The summed E-state index contributed by atoms with van der Waals surface area (Å²) in [6.45, 7) is 1.66. The van der Waals surface area contributed by atoms with E-state index in [-0.39, 0.29) is 11.1 Å². The summed E-state index contributed by atoms with van der Waals surface area (Å²) in [5.74, 6) is -2.11. The lowest BCUT2D eigenvalue weighted by molar-refractivity contribution is -0.462. The second-order valence-corrected chi connectivity index (χ2v) is 15.3. The van der Waals surface area contributed by atoms with E-state index in [2.05, 4.69) is 45.9 Å². The van der Waals surface area contributed by atoms with Gasteiger partial charge in [-0.3, -0.25) is 0 Å². The molecule has 2 N–H and O–H groups in total. The van der Waals surface area contributed by atoms with Crippen molar-refractivity contribution in [2.45, 2.75) is 38.3 Å². The Balaban J connectivity index is 1.94. The standard InChI is InChI=1S/C31H34N2O4Si/c1-19-15-26(31(36)37)25(18-24(19)30(34)35)29-22-11-9-20(32(2)3)16-27(22)38(13-7-6-8-14-38)28-17-21(33(4)5)10-12-23(28)29/h9-12,15-18H,6-8,13-14H2,1-5H3,(H-,34,35,36,37)/p+1. The van der Waals surface area contributed by atoms with Gasteiger partial charge in [0.25, 0.3) is 0 Å². The van der Waals surface area contributed by atoms with Crippen LogP contribution < -0.4 is 10.1 Å². The van der Waals surface area contributed by atoms with Gasteiger partial charge in [-0.15, -0.1) is 0 Å². The van der Waals surface area contributed by atoms with Crippen molar-refractivity contribution in [3.63, 3.8) is 0 Å². The first-order valence-electron chi connectivity index (χ1n) is 13.2. The van der Waals surface area contributed by atoms with Crippen LogP contribution in [-0.2, 0) is 0 Å². The highest BCUT2D eigenvalue weighted by atomic mass is 28.3. The third kappa shape index (κ3) is 4.05. The molecule has 5 rings (SSSR count). The maximum absolute atomic E-state index is 12.5. The van der Waals surface area contributed by atoms with Gasteiger partial charge < -0.3 is 15.1 Å². The predicted molar refractivity (Wildman–Crippen MR) is 155 cm³/mol. The third-order valence-electron chi connectivity index (χ3n) is 8.41. The number of allylic oxidation sites excluding steroid dienone is 5. The Morgan fingerprint density at radius 1 is 0.895 bits per heavy atom. The third-order valence-corrected chi connectivity index (χ3v) is 13.7. The van der Waals surface area contributed by atoms with Crippen molar-refractivity contribution in [3.05, 3.63) is 87.1 Å². The number of fused-ring (bicyclic) bond motifs is 4. The minimum atomic E-state index is -2.17. The van der Waals surface area contributed by atoms with E-state index in [1.165, 1.54) is 35.7 Å². The summed E-state index contributed by atoms with van der Waals surface area (Å²) in [6, 6.07) is 12.0. The minimum absolute atomic E-state index is 0.130. The largest absolute Gasteiger partial charge is 0.478 e. The van der Waals surface area contributed by atoms with Crippen LogP contribution in [0.3, 0.4) is 0 Å². The fourth-order valence-corrected chi connectivity index (χ4v) is 12.1. The van der Waals surface area contributed by atoms with E-state index in [9.17, 15) is 19.8 Å². The lowest BCUT2D eigenvalue weighted by atomic mass is 9.85. The van der Waals surface area contributed by atoms with Gasteiger partial charge in [-0.2, -0.15) is 0 Å². The van der Waals surface area contributed by atoms with E-state index >= 15 is 0 Å². The molecule has 2 heterocycles. The molecule has 0 unspecified atom stereocenters. The number of aromatic carboxylic acids is 2. The molecule has 1 fully saturated rings. The molecule has 0 atom stereocenters. The Kier molecular flexibility index (Phi) is 6.51. The van der Waals surface area contributed by atoms with Gasteiger partial charge in [-0.1, -0.05) is 25.3 Å². The number of carbonyl (C=O) groups is 2. The van der Waals surface area contributed by atoms with E-state index in [1.807, 2.05) is 28.2 Å². The van der Waals surface area contributed by atoms with Crippen LogP contribution in [0.25, 0.3) is 5.57 Å². The van der Waals surface area contributed by atoms with E-state index in [1.54, 1.807) is 13.0 Å². The second kappa shape index (κ2) is 9.55. The van der Waals surface area contributed by atoms with Crippen molar-refractivity contribution in [2.75, 3.05) is 33.1 Å². The van der Waals surface area contributed by atoms with Crippen molar-refractivity contribution in [3.8, 4) is 0 Å². The Morgan fingerprint density at radius 2 is 1.58 bits per heavy atom. The fraction of sp³-hybridized carbons (Fsp3) is 0.323. The zero-order valence-corrected chi connectivity index (χ0v) is 23.8. The molecule has 0 radical (unpaired) electrons. The molecule has 2 aromatic rings. The van der Waals surface area contributed by atoms with Crippen molar-refractivity contribution in [1.29, 1.82) is 0 Å². The zero-order chi connectivity index (χ0) is 27.4. The molecule has 2 aliphatic heterocycles. The molecule has 1 saturated heterocycles. The maximum Gasteiger partial charge on any atom is 0.336 e. The van der Waals surface area contributed by atoms with Crippen LogP contribution in [0.1, 0.15) is 56.7 Å². The van der Waals surface area contributed by atoms with Crippen LogP contribution in [0.15, 0.2) is 59.3 Å². The Labute approximate surface area is 224 Å². The molecule has 1 spiro atoms. The highest BCUT2D eigenvalue weighted by molar-refractivity contribution is 7.00. The molecule has 1 aliphatic carbocycles. The zero-order valence-electron chi connectivity index (χ0n) is 22.8. The van der Waals surface area contributed by atoms with Crippen LogP contribution in [0.2, 0.25) is 12.1 Å². The summed E-state index contributed by atoms with van der Waals surface area (Å²) in [4.78, 5) is 26.8. The number of aryl methyl sites for hydroxylation is 1. The summed E-state index contributed by atoms with van der Waals surface area (Å²) in [7, 11) is 6.01. The smallest absolute Gasteiger partial charge is 0.336 e. The SMILES string of the molecule is Cc1cc(C(=O)O)c(C2=C3C=CC(=[N+](C)C)C=C3[Si]3(CCCCC3)c3cc(N(C)C)ccc32)cc1C(=O)O. The van der Waals surface area contributed by atoms with E-state index < -0.39 is 20.0 Å². The van der Waals surface area contributed by atoms with Gasteiger partial charge in [0.15, 0.2) is 5.71 Å². The van der Waals surface area contributed by atoms with E-state index in [0.717, 1.165) is 40.2 Å². The van der Waals surface area contributed by atoms with E-state index in [4.69, 9.17) is 0 Å². The number of nitrogens with zero attached hydrogens (tertiary/aromatic N) is 2. The topological polar surface area (TPSA) is 80.8 Å². The molecular weight excluding hydrogens is 492 g/mol. The normalized spacial score (nSPS) is 17.6. The van der Waals surface area contributed by atoms with Gasteiger partial charge in [0.2, 0.25) is 0 Å². The van der Waals surface area contributed by atoms with Crippen LogP contribution in [0.5, 0.6) is 0 Å². The first kappa shape index (κ1) is 25.9. The quantitative estimate of drug-likeness (QED) is 0.438. The molecular formula is C31H35N2O4Si+. The first-order chi connectivity index (χ1) is 18.0. The molecule has 196 valence electrons. The fourth-order valence-electron chi connectivity index (χ4n) is 6.45. The van der Waals surface area contributed by atoms with E-state index in [0.29, 0.717) is 11.1 Å². The molecule has 3 aliphatic rings. The molecule has 7 heteroatoms. The van der Waals surface area contributed by atoms with Gasteiger partial charge in [0, 0.05) is 31.9 Å². The number of anilines is 1. The Bertz CT molecular complexity index is 1500. The highest BCUT2D eigenvalue weighted by Crippen LogP contribution is 2.48. The van der Waals surface area contributed by atoms with Crippen molar-refractivity contribution in [1.82, 2.24) is 0 Å². The van der Waals surface area contributed by atoms with Gasteiger partial charge in [-0.25, -0.2) is 14.2 Å². The van der Waals surface area contributed by atoms with Crippen molar-refractivity contribution in [2.24, 2.45) is 0 Å². The molecule has 0 bridgehead atoms. The lowest BCUT2D eigenvalue weighted by Gasteiger charge is -2.45. The Hall–Kier alpha value is -3.71. The summed E-state index contributed by atoms with van der Waals surface area (Å²) < 4.78 is 2.12. The summed E-state index contributed by atoms with van der Waals surface area (Å²) >= 11 is 0. The average Bonchev–Trinajstić information content (AvgIpc) is 2.89. The number of carboxylic acid groups (broad SMARTS) is 2. The minimum Gasteiger partial charge on any atom is -0.478 e. The maximum atomic E-state index is 12.5. The molecule has 38 heavy (non-hydrogen) atoms. The molecule has 0 aromatic heterocycles. The number of rotatable bonds is 4. The predicted octanol–water partition coefficient (Wildman–Crippen LogP) is 4.86. The van der Waals surface area contributed by atoms with Crippen LogP contribution in [0, 0.1) is 6.92 Å². The number of hydrogen-bond acceptors (Lipinski definition) is 3. The first-order valence-corrected chi connectivity index (χ1v) is 15.6.